The highest BCUT2D eigenvalue weighted by molar-refractivity contribution is 7.91. The molecule has 2 aromatic carbocycles. The highest BCUT2D eigenvalue weighted by atomic mass is 32.2. The summed E-state index contributed by atoms with van der Waals surface area (Å²) in [6, 6.07) is 5.62. The third-order valence-electron chi connectivity index (χ3n) is 8.07. The molecule has 1 heterocycles. The molecule has 1 saturated heterocycles. The molecule has 0 saturated carbocycles. The van der Waals surface area contributed by atoms with Gasteiger partial charge in [-0.1, -0.05) is 19.9 Å². The molecule has 3 N–H and O–H groups in total. The Morgan fingerprint density at radius 3 is 2.33 bits per heavy atom. The Kier molecular flexibility index (Phi) is 9.89. The number of aryl methyl sites for hydroxylation is 1. The number of benzene rings is 1. The molecule has 0 bridgehead atoms. The van der Waals surface area contributed by atoms with Crippen LogP contribution < -0.4 is 35.6 Å². The van der Waals surface area contributed by atoms with Crippen LogP contribution in [0.2, 0.25) is 0 Å². The quantitative estimate of drug-likeness (QED) is 0.367. The molecule has 2 aliphatic rings. The van der Waals surface area contributed by atoms with E-state index in [1.807, 2.05) is 19.9 Å². The lowest BCUT2D eigenvalue weighted by Crippen LogP contribution is -2.45. The van der Waals surface area contributed by atoms with Crippen LogP contribution in [0.1, 0.15) is 50.8 Å². The molecule has 234 valence electrons. The maximum atomic E-state index is 13.7. The van der Waals surface area contributed by atoms with Crippen molar-refractivity contribution >= 4 is 27.3 Å². The third kappa shape index (κ3) is 7.06. The Labute approximate surface area is 252 Å². The summed E-state index contributed by atoms with van der Waals surface area (Å²) < 4.78 is 40.7. The Bertz CT molecular complexity index is 1560. The number of sulfone groups is 1. The van der Waals surface area contributed by atoms with Crippen molar-refractivity contribution in [2.75, 3.05) is 44.7 Å². The smallest absolute Gasteiger partial charge is 0.242 e. The Morgan fingerprint density at radius 1 is 1.02 bits per heavy atom. The van der Waals surface area contributed by atoms with E-state index >= 15 is 0 Å². The minimum Gasteiger partial charge on any atom is -0.493 e. The molecular weight excluding hydrogens is 574 g/mol. The fourth-order valence-electron chi connectivity index (χ4n) is 5.92. The first-order valence-corrected chi connectivity index (χ1v) is 16.2. The molecule has 1 unspecified atom stereocenters. The van der Waals surface area contributed by atoms with Crippen molar-refractivity contribution in [2.24, 2.45) is 11.8 Å². The molecule has 1 fully saturated rings. The van der Waals surface area contributed by atoms with Gasteiger partial charge in [0.05, 0.1) is 44.6 Å². The van der Waals surface area contributed by atoms with Crippen LogP contribution in [0.3, 0.4) is 0 Å². The second-order valence-corrected chi connectivity index (χ2v) is 13.7. The predicted molar refractivity (Wildman–Crippen MR) is 165 cm³/mol. The van der Waals surface area contributed by atoms with E-state index in [1.165, 1.54) is 27.2 Å². The summed E-state index contributed by atoms with van der Waals surface area (Å²) in [7, 11) is 1.55. The largest absolute Gasteiger partial charge is 0.493 e. The maximum absolute atomic E-state index is 13.7. The van der Waals surface area contributed by atoms with Crippen LogP contribution >= 0.6 is 0 Å². The second kappa shape index (κ2) is 13.2. The zero-order valence-electron chi connectivity index (χ0n) is 25.5. The van der Waals surface area contributed by atoms with Gasteiger partial charge in [0.2, 0.25) is 23.0 Å². The molecule has 1 aliphatic heterocycles. The molecule has 2 amide bonds. The summed E-state index contributed by atoms with van der Waals surface area (Å²) in [6.07, 6.45) is 1.62. The minimum absolute atomic E-state index is 0.0644. The van der Waals surface area contributed by atoms with Crippen molar-refractivity contribution in [3.63, 3.8) is 0 Å². The molecule has 0 aromatic heterocycles. The van der Waals surface area contributed by atoms with Crippen LogP contribution in [0.15, 0.2) is 29.1 Å². The van der Waals surface area contributed by atoms with Gasteiger partial charge in [-0.25, -0.2) is 8.42 Å². The Morgan fingerprint density at radius 2 is 1.74 bits per heavy atom. The van der Waals surface area contributed by atoms with E-state index in [4.69, 9.17) is 14.2 Å². The summed E-state index contributed by atoms with van der Waals surface area (Å²) in [6.45, 7) is 5.43. The Balaban J connectivity index is 1.77. The van der Waals surface area contributed by atoms with Gasteiger partial charge in [0.1, 0.15) is 6.04 Å². The number of carbonyl (C=O) groups is 2. The van der Waals surface area contributed by atoms with Crippen LogP contribution in [0.4, 0.5) is 5.69 Å². The van der Waals surface area contributed by atoms with E-state index in [0.29, 0.717) is 47.6 Å². The number of ether oxygens (including phenoxy) is 3. The van der Waals surface area contributed by atoms with Crippen molar-refractivity contribution < 1.29 is 32.2 Å². The second-order valence-electron chi connectivity index (χ2n) is 11.5. The van der Waals surface area contributed by atoms with E-state index in [1.54, 1.807) is 19.2 Å². The van der Waals surface area contributed by atoms with E-state index in [9.17, 15) is 22.8 Å². The number of amides is 2. The van der Waals surface area contributed by atoms with E-state index in [0.717, 1.165) is 11.1 Å². The Hall–Kier alpha value is -3.80. The SMILES string of the molecule is COc1cc2c(c(OC)c1OC)-c1ccc(N[C@H](C(=O)NCC3CCS(=O)(=O)C3)C(C)C)c(=O)cc1[C@@H](NC(C)=O)CC2. The van der Waals surface area contributed by atoms with Crippen molar-refractivity contribution in [3.05, 3.63) is 45.6 Å². The minimum atomic E-state index is -3.06. The van der Waals surface area contributed by atoms with Crippen LogP contribution in [-0.4, -0.2) is 65.7 Å². The zero-order valence-corrected chi connectivity index (χ0v) is 26.4. The fourth-order valence-corrected chi connectivity index (χ4v) is 7.78. The van der Waals surface area contributed by atoms with Crippen LogP contribution in [0, 0.1) is 11.8 Å². The number of fused-ring (bicyclic) bond motifs is 3. The van der Waals surface area contributed by atoms with Crippen molar-refractivity contribution in [3.8, 4) is 28.4 Å². The lowest BCUT2D eigenvalue weighted by atomic mass is 9.95. The van der Waals surface area contributed by atoms with Crippen LogP contribution in [0.25, 0.3) is 11.1 Å². The van der Waals surface area contributed by atoms with Gasteiger partial charge in [0, 0.05) is 19.0 Å². The number of rotatable bonds is 10. The molecule has 12 heteroatoms. The molecular formula is C31H41N3O8S. The average molecular weight is 616 g/mol. The number of methoxy groups -OCH3 is 3. The van der Waals surface area contributed by atoms with Crippen LogP contribution in [0.5, 0.6) is 17.2 Å². The molecule has 1 aliphatic carbocycles. The summed E-state index contributed by atoms with van der Waals surface area (Å²) in [5.74, 6) is 0.712. The molecule has 43 heavy (non-hydrogen) atoms. The van der Waals surface area contributed by atoms with E-state index in [2.05, 4.69) is 16.0 Å². The molecule has 3 atom stereocenters. The highest BCUT2D eigenvalue weighted by Gasteiger charge is 2.31. The average Bonchev–Trinajstić information content (AvgIpc) is 3.14. The number of anilines is 1. The monoisotopic (exact) mass is 615 g/mol. The lowest BCUT2D eigenvalue weighted by Gasteiger charge is -2.23. The van der Waals surface area contributed by atoms with Gasteiger partial charge < -0.3 is 30.2 Å². The van der Waals surface area contributed by atoms with Crippen molar-refractivity contribution in [2.45, 2.75) is 52.1 Å². The number of hydrogen-bond donors (Lipinski definition) is 3. The first-order valence-electron chi connectivity index (χ1n) is 14.4. The van der Waals surface area contributed by atoms with E-state index < -0.39 is 21.9 Å². The van der Waals surface area contributed by atoms with Gasteiger partial charge in [-0.15, -0.1) is 0 Å². The third-order valence-corrected chi connectivity index (χ3v) is 9.90. The first-order chi connectivity index (χ1) is 20.4. The number of hydrogen-bond acceptors (Lipinski definition) is 9. The van der Waals surface area contributed by atoms with Crippen molar-refractivity contribution in [1.29, 1.82) is 0 Å². The molecule has 2 aromatic rings. The van der Waals surface area contributed by atoms with Gasteiger partial charge >= 0.3 is 0 Å². The normalized spacial score (nSPS) is 19.3. The van der Waals surface area contributed by atoms with Gasteiger partial charge in [0.15, 0.2) is 21.3 Å². The summed E-state index contributed by atoms with van der Waals surface area (Å²) in [5, 5.41) is 9.00. The van der Waals surface area contributed by atoms with Crippen LogP contribution in [-0.2, 0) is 25.8 Å². The lowest BCUT2D eigenvalue weighted by molar-refractivity contribution is -0.123. The zero-order chi connectivity index (χ0) is 31.5. The standard InChI is InChI=1S/C31H41N3O8S/c1-17(2)28(31(37)32-15-19-11-12-43(38,39)16-19)34-24-10-8-21-22(14-25(24)36)23(33-18(3)35)9-7-20-13-26(40-4)29(41-5)30(42-6)27(20)21/h8,10,13-14,17,19,23,28H,7,9,11-12,15-16H2,1-6H3,(H,32,37)(H,33,35)(H,34,36)/t19?,23-,28-/m0/s1. The number of carbonyl (C=O) groups excluding carboxylic acids is 2. The van der Waals surface area contributed by atoms with Gasteiger partial charge in [-0.3, -0.25) is 14.4 Å². The van der Waals surface area contributed by atoms with Gasteiger partial charge in [-0.05, 0) is 66.0 Å². The highest BCUT2D eigenvalue weighted by Crippen LogP contribution is 2.50. The summed E-state index contributed by atoms with van der Waals surface area (Å²) in [4.78, 5) is 39.1. The maximum Gasteiger partial charge on any atom is 0.242 e. The summed E-state index contributed by atoms with van der Waals surface area (Å²) >= 11 is 0. The molecule has 0 radical (unpaired) electrons. The van der Waals surface area contributed by atoms with Gasteiger partial charge in [0.25, 0.3) is 0 Å². The van der Waals surface area contributed by atoms with Gasteiger partial charge in [-0.2, -0.15) is 0 Å². The molecule has 4 rings (SSSR count). The number of nitrogens with one attached hydrogen (secondary N) is 3. The van der Waals surface area contributed by atoms with E-state index in [-0.39, 0.29) is 52.8 Å². The molecule has 11 nitrogen and oxygen atoms in total. The topological polar surface area (TPSA) is 149 Å². The summed E-state index contributed by atoms with van der Waals surface area (Å²) in [5.41, 5.74) is 2.81. The van der Waals surface area contributed by atoms with Crippen molar-refractivity contribution in [1.82, 2.24) is 10.6 Å². The first kappa shape index (κ1) is 32.1. The predicted octanol–water partition coefficient (Wildman–Crippen LogP) is 2.85. The fraction of sp³-hybridized carbons (Fsp3) is 0.516. The molecule has 0 spiro atoms.